The minimum Gasteiger partial charge on any atom is -0.381 e. The van der Waals surface area contributed by atoms with E-state index in [1.165, 1.54) is 5.69 Å². The van der Waals surface area contributed by atoms with Crippen LogP contribution in [0.1, 0.15) is 37.3 Å². The molecule has 1 aliphatic heterocycles. The number of carbonyl (C=O) groups is 1. The van der Waals surface area contributed by atoms with E-state index in [2.05, 4.69) is 27.5 Å². The molecule has 1 fully saturated rings. The Morgan fingerprint density at radius 2 is 2.00 bits per heavy atom. The Kier molecular flexibility index (Phi) is 8.26. The second-order valence-electron chi connectivity index (χ2n) is 6.93. The first-order valence-corrected chi connectivity index (χ1v) is 10.8. The number of ether oxygens (including phenoxy) is 1. The van der Waals surface area contributed by atoms with Crippen LogP contribution in [0.4, 0.5) is 0 Å². The molecule has 150 valence electrons. The molecule has 1 amide bonds. The average molecular weight is 401 g/mol. The number of aromatic nitrogens is 2. The molecule has 0 spiro atoms. The van der Waals surface area contributed by atoms with Crippen LogP contribution in [0.5, 0.6) is 0 Å². The number of nitrogens with zero attached hydrogens (tertiary/aromatic N) is 3. The number of pyridine rings is 2. The normalized spacial score (nSPS) is 15.6. The molecule has 0 saturated carbocycles. The van der Waals surface area contributed by atoms with E-state index in [0.29, 0.717) is 32.0 Å². The van der Waals surface area contributed by atoms with Gasteiger partial charge < -0.3 is 10.5 Å². The van der Waals surface area contributed by atoms with Gasteiger partial charge in [-0.15, -0.1) is 0 Å². The van der Waals surface area contributed by atoms with E-state index < -0.39 is 0 Å². The van der Waals surface area contributed by atoms with Gasteiger partial charge in [0.2, 0.25) is 5.91 Å². The zero-order valence-corrected chi connectivity index (χ0v) is 16.9. The first-order valence-electron chi connectivity index (χ1n) is 9.82. The van der Waals surface area contributed by atoms with E-state index in [4.69, 9.17) is 15.5 Å². The number of rotatable bonds is 10. The van der Waals surface area contributed by atoms with Gasteiger partial charge in [-0.25, -0.2) is 0 Å². The summed E-state index contributed by atoms with van der Waals surface area (Å²) in [5.41, 5.74) is 8.51. The van der Waals surface area contributed by atoms with E-state index >= 15 is 0 Å². The van der Waals surface area contributed by atoms with E-state index in [1.54, 1.807) is 6.20 Å². The fraction of sp³-hybridized carbons (Fsp3) is 0.476. The van der Waals surface area contributed by atoms with Crippen molar-refractivity contribution >= 4 is 17.9 Å². The molecule has 0 unspecified atom stereocenters. The van der Waals surface area contributed by atoms with Gasteiger partial charge in [0.05, 0.1) is 6.61 Å². The highest BCUT2D eigenvalue weighted by atomic mass is 32.2. The smallest absolute Gasteiger partial charge is 0.217 e. The molecular weight excluding hydrogens is 372 g/mol. The summed E-state index contributed by atoms with van der Waals surface area (Å²) in [6.07, 6.45) is 8.98. The van der Waals surface area contributed by atoms with Crippen LogP contribution in [0, 0.1) is 0 Å². The summed E-state index contributed by atoms with van der Waals surface area (Å²) >= 11 is 1.85. The van der Waals surface area contributed by atoms with Crippen LogP contribution in [-0.2, 0) is 9.53 Å². The van der Waals surface area contributed by atoms with Crippen molar-refractivity contribution in [1.82, 2.24) is 14.3 Å². The molecule has 1 saturated heterocycles. The third-order valence-corrected chi connectivity index (χ3v) is 5.95. The van der Waals surface area contributed by atoms with Crippen molar-refractivity contribution in [2.75, 3.05) is 32.1 Å². The van der Waals surface area contributed by atoms with Gasteiger partial charge in [0.25, 0.3) is 0 Å². The number of hydrogen-bond acceptors (Lipinski definition) is 6. The van der Waals surface area contributed by atoms with Crippen LogP contribution in [-0.4, -0.2) is 52.2 Å². The van der Waals surface area contributed by atoms with Crippen LogP contribution < -0.4 is 5.73 Å². The molecule has 0 aromatic carbocycles. The van der Waals surface area contributed by atoms with Crippen molar-refractivity contribution in [2.45, 2.75) is 31.6 Å². The molecule has 2 aromatic rings. The number of primary amides is 1. The molecule has 0 aliphatic carbocycles. The summed E-state index contributed by atoms with van der Waals surface area (Å²) in [6, 6.07) is 8.31. The predicted molar refractivity (Wildman–Crippen MR) is 113 cm³/mol. The number of piperidine rings is 1. The molecule has 0 radical (unpaired) electrons. The standard InChI is InChI=1S/C21H28N4O2S/c22-21(26)4-2-12-27-13-14-28-25-10-7-17(8-11-25)20-6-5-19(16-24-20)18-3-1-9-23-15-18/h1,3,5-6,9,15-17H,2,4,7-8,10-14H2,(H2,22,26). The second-order valence-corrected chi connectivity index (χ2v) is 8.12. The minimum atomic E-state index is -0.262. The Morgan fingerprint density at radius 1 is 1.18 bits per heavy atom. The Morgan fingerprint density at radius 3 is 2.68 bits per heavy atom. The van der Waals surface area contributed by atoms with Crippen molar-refractivity contribution in [2.24, 2.45) is 5.73 Å². The number of amides is 1. The SMILES string of the molecule is NC(=O)CCCOCCSN1CCC(c2ccc(-c3cccnc3)cn2)CC1. The summed E-state index contributed by atoms with van der Waals surface area (Å²) in [5.74, 6) is 1.21. The lowest BCUT2D eigenvalue weighted by molar-refractivity contribution is -0.118. The number of nitrogens with two attached hydrogens (primary N) is 1. The zero-order valence-electron chi connectivity index (χ0n) is 16.1. The van der Waals surface area contributed by atoms with Crippen molar-refractivity contribution in [3.05, 3.63) is 48.5 Å². The average Bonchev–Trinajstić information content (AvgIpc) is 2.74. The molecule has 28 heavy (non-hydrogen) atoms. The maximum absolute atomic E-state index is 10.7. The van der Waals surface area contributed by atoms with Crippen LogP contribution in [0.25, 0.3) is 11.1 Å². The van der Waals surface area contributed by atoms with Crippen LogP contribution in [0.2, 0.25) is 0 Å². The molecule has 1 aliphatic rings. The molecule has 3 heterocycles. The van der Waals surface area contributed by atoms with Crippen molar-refractivity contribution in [3.8, 4) is 11.1 Å². The molecule has 0 bridgehead atoms. The molecule has 2 N–H and O–H groups in total. The zero-order chi connectivity index (χ0) is 19.6. The summed E-state index contributed by atoms with van der Waals surface area (Å²) in [4.78, 5) is 19.5. The van der Waals surface area contributed by atoms with Gasteiger partial charge in [-0.05, 0) is 31.4 Å². The van der Waals surface area contributed by atoms with E-state index in [-0.39, 0.29) is 5.91 Å². The van der Waals surface area contributed by atoms with Gasteiger partial charge in [0.1, 0.15) is 0 Å². The fourth-order valence-electron chi connectivity index (χ4n) is 3.31. The predicted octanol–water partition coefficient (Wildman–Crippen LogP) is 3.25. The lowest BCUT2D eigenvalue weighted by Crippen LogP contribution is -2.28. The van der Waals surface area contributed by atoms with Crippen molar-refractivity contribution in [3.63, 3.8) is 0 Å². The van der Waals surface area contributed by atoms with Gasteiger partial charge in [0.15, 0.2) is 0 Å². The fourth-order valence-corrected chi connectivity index (χ4v) is 4.23. The molecular formula is C21H28N4O2S. The van der Waals surface area contributed by atoms with Gasteiger partial charge in [-0.2, -0.15) is 0 Å². The minimum absolute atomic E-state index is 0.262. The largest absolute Gasteiger partial charge is 0.381 e. The topological polar surface area (TPSA) is 81.3 Å². The molecule has 7 heteroatoms. The quantitative estimate of drug-likeness (QED) is 0.487. The number of hydrogen-bond donors (Lipinski definition) is 1. The summed E-state index contributed by atoms with van der Waals surface area (Å²) in [5, 5.41) is 0. The van der Waals surface area contributed by atoms with Crippen LogP contribution in [0.15, 0.2) is 42.9 Å². The maximum Gasteiger partial charge on any atom is 0.217 e. The number of carbonyl (C=O) groups excluding carboxylic acids is 1. The van der Waals surface area contributed by atoms with Crippen LogP contribution >= 0.6 is 11.9 Å². The summed E-state index contributed by atoms with van der Waals surface area (Å²) in [6.45, 7) is 3.46. The lowest BCUT2D eigenvalue weighted by atomic mass is 9.93. The van der Waals surface area contributed by atoms with E-state index in [1.807, 2.05) is 30.4 Å². The third-order valence-electron chi connectivity index (χ3n) is 4.87. The Balaban J connectivity index is 1.34. The molecule has 2 aromatic heterocycles. The molecule has 6 nitrogen and oxygen atoms in total. The highest BCUT2D eigenvalue weighted by Gasteiger charge is 2.21. The van der Waals surface area contributed by atoms with Crippen LogP contribution in [0.3, 0.4) is 0 Å². The second kappa shape index (κ2) is 11.1. The highest BCUT2D eigenvalue weighted by molar-refractivity contribution is 7.97. The van der Waals surface area contributed by atoms with E-state index in [9.17, 15) is 4.79 Å². The maximum atomic E-state index is 10.7. The summed E-state index contributed by atoms with van der Waals surface area (Å²) in [7, 11) is 0. The summed E-state index contributed by atoms with van der Waals surface area (Å²) < 4.78 is 7.97. The highest BCUT2D eigenvalue weighted by Crippen LogP contribution is 2.30. The van der Waals surface area contributed by atoms with Gasteiger partial charge in [-0.1, -0.05) is 24.1 Å². The van der Waals surface area contributed by atoms with Crippen molar-refractivity contribution in [1.29, 1.82) is 0 Å². The Hall–Kier alpha value is -1.96. The Labute approximate surface area is 171 Å². The van der Waals surface area contributed by atoms with Crippen molar-refractivity contribution < 1.29 is 9.53 Å². The lowest BCUT2D eigenvalue weighted by Gasteiger charge is -2.30. The third kappa shape index (κ3) is 6.58. The van der Waals surface area contributed by atoms with E-state index in [0.717, 1.165) is 42.8 Å². The molecule has 3 rings (SSSR count). The Bertz CT molecular complexity index is 719. The first-order chi connectivity index (χ1) is 13.7. The van der Waals surface area contributed by atoms with Gasteiger partial charge in [0, 0.05) is 73.2 Å². The van der Waals surface area contributed by atoms with Gasteiger partial charge >= 0.3 is 0 Å². The van der Waals surface area contributed by atoms with Gasteiger partial charge in [-0.3, -0.25) is 19.1 Å². The first kappa shape index (κ1) is 20.8. The monoisotopic (exact) mass is 400 g/mol. The molecule has 0 atom stereocenters.